The van der Waals surface area contributed by atoms with Gasteiger partial charge in [0.25, 0.3) is 0 Å². The van der Waals surface area contributed by atoms with Crippen molar-refractivity contribution in [1.29, 1.82) is 0 Å². The molecule has 0 aliphatic heterocycles. The van der Waals surface area contributed by atoms with Gasteiger partial charge in [-0.1, -0.05) is 12.1 Å². The molecule has 0 atom stereocenters. The smallest absolute Gasteiger partial charge is 0.140 e. The van der Waals surface area contributed by atoms with Crippen LogP contribution in [0.3, 0.4) is 0 Å². The highest BCUT2D eigenvalue weighted by molar-refractivity contribution is 9.10. The van der Waals surface area contributed by atoms with Gasteiger partial charge < -0.3 is 5.73 Å². The number of aryl methyl sites for hydroxylation is 1. The van der Waals surface area contributed by atoms with Crippen LogP contribution >= 0.6 is 15.9 Å². The monoisotopic (exact) mass is 257 g/mol. The largest absolute Gasteiger partial charge is 0.325 e. The lowest BCUT2D eigenvalue weighted by molar-refractivity contribution is 0.601. The van der Waals surface area contributed by atoms with Gasteiger partial charge in [-0.05, 0) is 53.2 Å². The van der Waals surface area contributed by atoms with Crippen LogP contribution < -0.4 is 5.73 Å². The first-order chi connectivity index (χ1) is 6.52. The third-order valence-electron chi connectivity index (χ3n) is 2.79. The molecule has 0 aromatic heterocycles. The molecule has 14 heavy (non-hydrogen) atoms. The second kappa shape index (κ2) is 3.31. The molecule has 1 nitrogen and oxygen atoms in total. The van der Waals surface area contributed by atoms with Crippen molar-refractivity contribution in [2.45, 2.75) is 31.7 Å². The molecule has 1 fully saturated rings. The molecule has 1 aliphatic rings. The average molecular weight is 258 g/mol. The van der Waals surface area contributed by atoms with Crippen molar-refractivity contribution in [3.8, 4) is 0 Å². The minimum Gasteiger partial charge on any atom is -0.325 e. The van der Waals surface area contributed by atoms with Crippen LogP contribution in [0, 0.1) is 12.7 Å². The van der Waals surface area contributed by atoms with Crippen LogP contribution in [-0.4, -0.2) is 5.54 Å². The van der Waals surface area contributed by atoms with Crippen molar-refractivity contribution in [2.75, 3.05) is 0 Å². The standard InChI is InChI=1S/C11H13BrFN/c1-7-2-3-8(9(12)10(7)13)6-11(14)4-5-11/h2-3H,4-6,14H2,1H3. The van der Waals surface area contributed by atoms with Crippen LogP contribution in [-0.2, 0) is 6.42 Å². The third kappa shape index (κ3) is 1.84. The summed E-state index contributed by atoms with van der Waals surface area (Å²) in [6.07, 6.45) is 2.87. The molecule has 1 aromatic carbocycles. The Balaban J connectivity index is 2.30. The van der Waals surface area contributed by atoms with Gasteiger partial charge in [-0.25, -0.2) is 4.39 Å². The van der Waals surface area contributed by atoms with E-state index in [0.29, 0.717) is 10.0 Å². The number of hydrogen-bond acceptors (Lipinski definition) is 1. The quantitative estimate of drug-likeness (QED) is 0.867. The van der Waals surface area contributed by atoms with Crippen LogP contribution in [0.4, 0.5) is 4.39 Å². The van der Waals surface area contributed by atoms with Crippen molar-refractivity contribution in [1.82, 2.24) is 0 Å². The molecule has 76 valence electrons. The molecule has 0 radical (unpaired) electrons. The fraction of sp³-hybridized carbons (Fsp3) is 0.455. The number of rotatable bonds is 2. The highest BCUT2D eigenvalue weighted by Crippen LogP contribution is 2.37. The SMILES string of the molecule is Cc1ccc(CC2(N)CC2)c(Br)c1F. The van der Waals surface area contributed by atoms with Crippen LogP contribution in [0.25, 0.3) is 0 Å². The molecule has 2 N–H and O–H groups in total. The Morgan fingerprint density at radius 3 is 2.71 bits per heavy atom. The Morgan fingerprint density at radius 1 is 1.50 bits per heavy atom. The van der Waals surface area contributed by atoms with E-state index in [1.54, 1.807) is 13.0 Å². The zero-order valence-corrected chi connectivity index (χ0v) is 9.70. The third-order valence-corrected chi connectivity index (χ3v) is 3.65. The molecule has 2 rings (SSSR count). The van der Waals surface area contributed by atoms with Gasteiger partial charge in [0.1, 0.15) is 5.82 Å². The fourth-order valence-electron chi connectivity index (χ4n) is 1.54. The van der Waals surface area contributed by atoms with Crippen LogP contribution in [0.1, 0.15) is 24.0 Å². The van der Waals surface area contributed by atoms with Crippen molar-refractivity contribution in [2.24, 2.45) is 5.73 Å². The molecule has 0 unspecified atom stereocenters. The lowest BCUT2D eigenvalue weighted by Crippen LogP contribution is -2.24. The summed E-state index contributed by atoms with van der Waals surface area (Å²) in [6, 6.07) is 3.76. The number of hydrogen-bond donors (Lipinski definition) is 1. The molecule has 0 amide bonds. The first-order valence-corrected chi connectivity index (χ1v) is 5.53. The normalized spacial score (nSPS) is 18.3. The molecule has 3 heteroatoms. The lowest BCUT2D eigenvalue weighted by atomic mass is 10.0. The van der Waals surface area contributed by atoms with Gasteiger partial charge in [0, 0.05) is 5.54 Å². The van der Waals surface area contributed by atoms with Crippen LogP contribution in [0.5, 0.6) is 0 Å². The van der Waals surface area contributed by atoms with Crippen LogP contribution in [0.2, 0.25) is 0 Å². The molecule has 0 saturated heterocycles. The zero-order chi connectivity index (χ0) is 10.3. The van der Waals surface area contributed by atoms with E-state index < -0.39 is 0 Å². The minimum absolute atomic E-state index is 0.0653. The average Bonchev–Trinajstić information content (AvgIpc) is 2.86. The van der Waals surface area contributed by atoms with Gasteiger partial charge in [-0.15, -0.1) is 0 Å². The van der Waals surface area contributed by atoms with Gasteiger partial charge in [0.15, 0.2) is 0 Å². The van der Waals surface area contributed by atoms with Crippen LogP contribution in [0.15, 0.2) is 16.6 Å². The Labute approximate surface area is 91.6 Å². The number of halogens is 2. The maximum atomic E-state index is 13.5. The highest BCUT2D eigenvalue weighted by atomic mass is 79.9. The van der Waals surface area contributed by atoms with Gasteiger partial charge in [-0.2, -0.15) is 0 Å². The first kappa shape index (κ1) is 10.1. The Bertz CT molecular complexity index is 372. The number of benzene rings is 1. The summed E-state index contributed by atoms with van der Waals surface area (Å²) in [6.45, 7) is 1.76. The molecule has 0 bridgehead atoms. The van der Waals surface area contributed by atoms with E-state index in [4.69, 9.17) is 5.73 Å². The van der Waals surface area contributed by atoms with E-state index in [1.165, 1.54) is 0 Å². The molecule has 1 aliphatic carbocycles. The van der Waals surface area contributed by atoms with E-state index in [9.17, 15) is 4.39 Å². The minimum atomic E-state index is -0.160. The second-order valence-electron chi connectivity index (χ2n) is 4.21. The summed E-state index contributed by atoms with van der Waals surface area (Å²) in [7, 11) is 0. The highest BCUT2D eigenvalue weighted by Gasteiger charge is 2.38. The van der Waals surface area contributed by atoms with Crippen molar-refractivity contribution in [3.05, 3.63) is 33.5 Å². The predicted octanol–water partition coefficient (Wildman–Crippen LogP) is 2.93. The van der Waals surface area contributed by atoms with E-state index in [2.05, 4.69) is 15.9 Å². The Hall–Kier alpha value is -0.410. The molecular weight excluding hydrogens is 245 g/mol. The topological polar surface area (TPSA) is 26.0 Å². The van der Waals surface area contributed by atoms with Crippen molar-refractivity contribution >= 4 is 15.9 Å². The number of nitrogens with two attached hydrogens (primary N) is 1. The summed E-state index contributed by atoms with van der Waals surface area (Å²) < 4.78 is 14.1. The Kier molecular flexibility index (Phi) is 2.40. The fourth-order valence-corrected chi connectivity index (χ4v) is 2.12. The van der Waals surface area contributed by atoms with Crippen molar-refractivity contribution < 1.29 is 4.39 Å². The Morgan fingerprint density at radius 2 is 2.14 bits per heavy atom. The molecule has 0 heterocycles. The molecule has 1 aromatic rings. The van der Waals surface area contributed by atoms with Gasteiger partial charge in [0.2, 0.25) is 0 Å². The van der Waals surface area contributed by atoms with E-state index in [1.807, 2.05) is 6.07 Å². The van der Waals surface area contributed by atoms with Gasteiger partial charge in [-0.3, -0.25) is 0 Å². The molecule has 0 spiro atoms. The van der Waals surface area contributed by atoms with Gasteiger partial charge in [0.05, 0.1) is 4.47 Å². The predicted molar refractivity (Wildman–Crippen MR) is 58.7 cm³/mol. The summed E-state index contributed by atoms with van der Waals surface area (Å²) in [5.41, 5.74) is 7.58. The summed E-state index contributed by atoms with van der Waals surface area (Å²) in [5, 5.41) is 0. The van der Waals surface area contributed by atoms with Gasteiger partial charge >= 0.3 is 0 Å². The molecule has 1 saturated carbocycles. The second-order valence-corrected chi connectivity index (χ2v) is 5.00. The summed E-state index contributed by atoms with van der Waals surface area (Å²) in [4.78, 5) is 0. The van der Waals surface area contributed by atoms with E-state index in [-0.39, 0.29) is 11.4 Å². The maximum Gasteiger partial charge on any atom is 0.140 e. The summed E-state index contributed by atoms with van der Waals surface area (Å²) >= 11 is 3.28. The maximum absolute atomic E-state index is 13.5. The van der Waals surface area contributed by atoms with E-state index >= 15 is 0 Å². The zero-order valence-electron chi connectivity index (χ0n) is 8.11. The van der Waals surface area contributed by atoms with E-state index in [0.717, 1.165) is 24.8 Å². The molecular formula is C11H13BrFN. The summed E-state index contributed by atoms with van der Waals surface area (Å²) in [5.74, 6) is -0.160. The first-order valence-electron chi connectivity index (χ1n) is 4.74. The van der Waals surface area contributed by atoms with Crippen molar-refractivity contribution in [3.63, 3.8) is 0 Å². The lowest BCUT2D eigenvalue weighted by Gasteiger charge is -2.11.